The molecule has 0 aliphatic carbocycles. The first-order valence-electron chi connectivity index (χ1n) is 7.85. The van der Waals surface area contributed by atoms with Crippen molar-refractivity contribution in [3.05, 3.63) is 0 Å². The lowest BCUT2D eigenvalue weighted by Gasteiger charge is -2.26. The standard InChI is InChI=1S/C17H33NO2/c1-12(2)14(20-13(3)19)11-17(8)16(7,18-17)10-9-15(4,5)6/h12,14,18H,9-11H2,1-8H3. The van der Waals surface area contributed by atoms with Crippen molar-refractivity contribution in [3.63, 3.8) is 0 Å². The van der Waals surface area contributed by atoms with Crippen molar-refractivity contribution in [2.75, 3.05) is 0 Å². The number of ether oxygens (including phenoxy) is 1. The molecule has 118 valence electrons. The molecule has 1 fully saturated rings. The number of carbonyl (C=O) groups excluding carboxylic acids is 1. The Balaban J connectivity index is 2.61. The lowest BCUT2D eigenvalue weighted by atomic mass is 9.80. The fourth-order valence-corrected chi connectivity index (χ4v) is 2.85. The molecule has 20 heavy (non-hydrogen) atoms. The number of carbonyl (C=O) groups is 1. The van der Waals surface area contributed by atoms with Crippen molar-refractivity contribution < 1.29 is 9.53 Å². The maximum Gasteiger partial charge on any atom is 0.302 e. The van der Waals surface area contributed by atoms with Crippen molar-refractivity contribution in [2.24, 2.45) is 11.3 Å². The number of esters is 1. The second kappa shape index (κ2) is 5.67. The molecule has 1 heterocycles. The smallest absolute Gasteiger partial charge is 0.302 e. The lowest BCUT2D eigenvalue weighted by Crippen LogP contribution is -2.32. The molecule has 3 nitrogen and oxygen atoms in total. The zero-order valence-corrected chi connectivity index (χ0v) is 14.6. The molecule has 0 aromatic rings. The van der Waals surface area contributed by atoms with Crippen LogP contribution in [0.25, 0.3) is 0 Å². The van der Waals surface area contributed by atoms with E-state index in [1.54, 1.807) is 0 Å². The minimum Gasteiger partial charge on any atom is -0.462 e. The molecule has 1 aliphatic rings. The van der Waals surface area contributed by atoms with E-state index in [1.807, 2.05) is 0 Å². The largest absolute Gasteiger partial charge is 0.462 e. The topological polar surface area (TPSA) is 48.2 Å². The molecule has 1 N–H and O–H groups in total. The van der Waals surface area contributed by atoms with Gasteiger partial charge in [-0.2, -0.15) is 0 Å². The van der Waals surface area contributed by atoms with Gasteiger partial charge < -0.3 is 10.1 Å². The normalized spacial score (nSPS) is 31.2. The van der Waals surface area contributed by atoms with Crippen LogP contribution in [0.15, 0.2) is 0 Å². The van der Waals surface area contributed by atoms with E-state index in [4.69, 9.17) is 4.74 Å². The summed E-state index contributed by atoms with van der Waals surface area (Å²) in [5.41, 5.74) is 0.623. The Bertz CT molecular complexity index is 358. The highest BCUT2D eigenvalue weighted by atomic mass is 16.5. The van der Waals surface area contributed by atoms with Crippen LogP contribution in [-0.4, -0.2) is 23.2 Å². The number of hydrogen-bond acceptors (Lipinski definition) is 3. The molecule has 0 radical (unpaired) electrons. The van der Waals surface area contributed by atoms with Crippen LogP contribution in [-0.2, 0) is 9.53 Å². The van der Waals surface area contributed by atoms with Crippen LogP contribution in [0, 0.1) is 11.3 Å². The van der Waals surface area contributed by atoms with Crippen LogP contribution < -0.4 is 5.32 Å². The van der Waals surface area contributed by atoms with Gasteiger partial charge in [-0.05, 0) is 38.0 Å². The van der Waals surface area contributed by atoms with E-state index >= 15 is 0 Å². The van der Waals surface area contributed by atoms with Crippen molar-refractivity contribution >= 4 is 5.97 Å². The first-order valence-corrected chi connectivity index (χ1v) is 7.85. The predicted octanol–water partition coefficient (Wildman–Crippen LogP) is 3.91. The highest BCUT2D eigenvalue weighted by Gasteiger charge is 2.60. The number of hydrogen-bond donors (Lipinski definition) is 1. The van der Waals surface area contributed by atoms with Gasteiger partial charge in [-0.1, -0.05) is 34.6 Å². The highest BCUT2D eigenvalue weighted by Crippen LogP contribution is 2.47. The molecule has 0 aromatic carbocycles. The third-order valence-electron chi connectivity index (χ3n) is 4.75. The van der Waals surface area contributed by atoms with Crippen LogP contribution in [0.1, 0.15) is 74.7 Å². The molecular formula is C17H33NO2. The van der Waals surface area contributed by atoms with Crippen LogP contribution in [0.4, 0.5) is 0 Å². The number of rotatable bonds is 6. The zero-order chi connectivity index (χ0) is 15.8. The summed E-state index contributed by atoms with van der Waals surface area (Å²) in [5, 5.41) is 3.66. The maximum absolute atomic E-state index is 11.2. The molecular weight excluding hydrogens is 250 g/mol. The Morgan fingerprint density at radius 2 is 1.75 bits per heavy atom. The Hall–Kier alpha value is -0.570. The average molecular weight is 283 g/mol. The van der Waals surface area contributed by atoms with Crippen molar-refractivity contribution in [2.45, 2.75) is 91.8 Å². The molecule has 0 aromatic heterocycles. The maximum atomic E-state index is 11.2. The second-order valence-corrected chi connectivity index (χ2v) is 8.45. The molecule has 3 unspecified atom stereocenters. The van der Waals surface area contributed by atoms with Crippen molar-refractivity contribution in [1.29, 1.82) is 0 Å². The molecule has 0 spiro atoms. The van der Waals surface area contributed by atoms with Crippen LogP contribution in [0.5, 0.6) is 0 Å². The van der Waals surface area contributed by atoms with E-state index in [1.165, 1.54) is 13.3 Å². The average Bonchev–Trinajstić information content (AvgIpc) is 2.76. The second-order valence-electron chi connectivity index (χ2n) is 8.45. The van der Waals surface area contributed by atoms with E-state index in [-0.39, 0.29) is 23.2 Å². The highest BCUT2D eigenvalue weighted by molar-refractivity contribution is 5.66. The minimum absolute atomic E-state index is 0.00135. The third kappa shape index (κ3) is 4.47. The van der Waals surface area contributed by atoms with Gasteiger partial charge in [0.05, 0.1) is 0 Å². The van der Waals surface area contributed by atoms with Crippen molar-refractivity contribution in [3.8, 4) is 0 Å². The monoisotopic (exact) mass is 283 g/mol. The summed E-state index contributed by atoms with van der Waals surface area (Å²) in [7, 11) is 0. The summed E-state index contributed by atoms with van der Waals surface area (Å²) in [4.78, 5) is 11.2. The Kier molecular flexibility index (Phi) is 4.95. The van der Waals surface area contributed by atoms with Crippen LogP contribution in [0.3, 0.4) is 0 Å². The SMILES string of the molecule is CC(=O)OC(CC1(C)NC1(C)CCC(C)(C)C)C(C)C. The Labute approximate surface area is 124 Å². The molecule has 0 amide bonds. The first-order chi connectivity index (χ1) is 8.89. The Morgan fingerprint density at radius 1 is 1.20 bits per heavy atom. The van der Waals surface area contributed by atoms with Crippen molar-refractivity contribution in [1.82, 2.24) is 5.32 Å². The van der Waals surface area contributed by atoms with E-state index in [0.29, 0.717) is 11.3 Å². The van der Waals surface area contributed by atoms with Gasteiger partial charge in [-0.3, -0.25) is 4.79 Å². The van der Waals surface area contributed by atoms with Gasteiger partial charge in [0.25, 0.3) is 0 Å². The number of nitrogens with one attached hydrogen (secondary N) is 1. The summed E-state index contributed by atoms with van der Waals surface area (Å²) in [6, 6.07) is 0. The molecule has 1 rings (SSSR count). The fraction of sp³-hybridized carbons (Fsp3) is 0.941. The Morgan fingerprint density at radius 3 is 2.15 bits per heavy atom. The zero-order valence-electron chi connectivity index (χ0n) is 14.6. The minimum atomic E-state index is -0.177. The fourth-order valence-electron chi connectivity index (χ4n) is 2.85. The van der Waals surface area contributed by atoms with E-state index in [2.05, 4.69) is 53.8 Å². The van der Waals surface area contributed by atoms with Crippen LogP contribution in [0.2, 0.25) is 0 Å². The van der Waals surface area contributed by atoms with Gasteiger partial charge in [0.2, 0.25) is 0 Å². The van der Waals surface area contributed by atoms with E-state index in [0.717, 1.165) is 12.8 Å². The summed E-state index contributed by atoms with van der Waals surface area (Å²) in [6.07, 6.45) is 3.26. The van der Waals surface area contributed by atoms with E-state index < -0.39 is 0 Å². The van der Waals surface area contributed by atoms with Gasteiger partial charge in [-0.25, -0.2) is 0 Å². The van der Waals surface area contributed by atoms with Gasteiger partial charge in [0, 0.05) is 24.4 Å². The predicted molar refractivity (Wildman–Crippen MR) is 83.6 cm³/mol. The van der Waals surface area contributed by atoms with Crippen LogP contribution >= 0.6 is 0 Å². The lowest BCUT2D eigenvalue weighted by molar-refractivity contribution is -0.149. The molecule has 3 atom stereocenters. The van der Waals surface area contributed by atoms with Gasteiger partial charge in [-0.15, -0.1) is 0 Å². The molecule has 0 bridgehead atoms. The molecule has 3 heteroatoms. The van der Waals surface area contributed by atoms with Gasteiger partial charge in [0.15, 0.2) is 0 Å². The molecule has 0 saturated carbocycles. The third-order valence-corrected chi connectivity index (χ3v) is 4.75. The summed E-state index contributed by atoms with van der Waals surface area (Å²) < 4.78 is 5.49. The summed E-state index contributed by atoms with van der Waals surface area (Å²) in [6.45, 7) is 17.1. The quantitative estimate of drug-likeness (QED) is 0.594. The molecule has 1 saturated heterocycles. The summed E-state index contributed by atoms with van der Waals surface area (Å²) >= 11 is 0. The van der Waals surface area contributed by atoms with E-state index in [9.17, 15) is 4.79 Å². The van der Waals surface area contributed by atoms with Gasteiger partial charge in [0.1, 0.15) is 6.10 Å². The first kappa shape index (κ1) is 17.5. The summed E-state index contributed by atoms with van der Waals surface area (Å²) in [5.74, 6) is 0.175. The molecule has 1 aliphatic heterocycles. The van der Waals surface area contributed by atoms with Gasteiger partial charge >= 0.3 is 5.97 Å².